The van der Waals surface area contributed by atoms with Gasteiger partial charge < -0.3 is 5.11 Å². The third kappa shape index (κ3) is 1.45. The smallest absolute Gasteiger partial charge is 0.336 e. The van der Waals surface area contributed by atoms with E-state index in [4.69, 9.17) is 0 Å². The molecule has 0 saturated heterocycles. The van der Waals surface area contributed by atoms with Crippen LogP contribution in [0.1, 0.15) is 18.4 Å². The lowest BCUT2D eigenvalue weighted by Gasteiger charge is -2.30. The molecule has 1 atom stereocenters. The number of hydrogen-bond acceptors (Lipinski definition) is 2. The minimum atomic E-state index is -1.05. The van der Waals surface area contributed by atoms with Gasteiger partial charge in [0, 0.05) is 12.4 Å². The number of carboxylic acids is 1. The largest absolute Gasteiger partial charge is 0.479 e. The molecular formula is C14H14N2O2. The molecule has 0 amide bonds. The normalized spacial score (nSPS) is 18.2. The van der Waals surface area contributed by atoms with Gasteiger partial charge in [-0.3, -0.25) is 4.68 Å². The number of hydrogen-bond donors (Lipinski definition) is 1. The minimum Gasteiger partial charge on any atom is -0.479 e. The van der Waals surface area contributed by atoms with Crippen LogP contribution >= 0.6 is 0 Å². The Morgan fingerprint density at radius 1 is 1.28 bits per heavy atom. The molecule has 0 bridgehead atoms. The van der Waals surface area contributed by atoms with E-state index in [0.717, 1.165) is 18.4 Å². The molecule has 1 aromatic heterocycles. The molecule has 0 aliphatic heterocycles. The number of benzene rings is 1. The van der Waals surface area contributed by atoms with E-state index in [1.54, 1.807) is 23.1 Å². The Hall–Kier alpha value is -2.10. The van der Waals surface area contributed by atoms with Crippen LogP contribution in [0.3, 0.4) is 0 Å². The van der Waals surface area contributed by atoms with E-state index >= 15 is 0 Å². The molecule has 1 heterocycles. The van der Waals surface area contributed by atoms with Crippen LogP contribution in [-0.2, 0) is 10.3 Å². The maximum Gasteiger partial charge on any atom is 0.336 e. The molecule has 2 aromatic rings. The maximum absolute atomic E-state index is 11.9. The lowest BCUT2D eigenvalue weighted by Crippen LogP contribution is -2.45. The Morgan fingerprint density at radius 2 is 2.00 bits per heavy atom. The van der Waals surface area contributed by atoms with Gasteiger partial charge in [-0.2, -0.15) is 5.10 Å². The van der Waals surface area contributed by atoms with E-state index in [1.165, 1.54) is 0 Å². The first-order chi connectivity index (χ1) is 8.76. The van der Waals surface area contributed by atoms with Crippen molar-refractivity contribution in [2.24, 2.45) is 5.92 Å². The summed E-state index contributed by atoms with van der Waals surface area (Å²) in [5.41, 5.74) is -0.256. The number of rotatable bonds is 4. The van der Waals surface area contributed by atoms with E-state index in [-0.39, 0.29) is 5.92 Å². The van der Waals surface area contributed by atoms with E-state index < -0.39 is 11.5 Å². The number of carboxylic acid groups (broad SMARTS) is 1. The van der Waals surface area contributed by atoms with Crippen molar-refractivity contribution in [3.63, 3.8) is 0 Å². The summed E-state index contributed by atoms with van der Waals surface area (Å²) in [6.07, 6.45) is 5.23. The zero-order valence-electron chi connectivity index (χ0n) is 9.86. The van der Waals surface area contributed by atoms with Crippen molar-refractivity contribution in [3.05, 3.63) is 54.4 Å². The number of nitrogens with zero attached hydrogens (tertiary/aromatic N) is 2. The topological polar surface area (TPSA) is 55.1 Å². The fourth-order valence-corrected chi connectivity index (χ4v) is 2.62. The van der Waals surface area contributed by atoms with Crippen LogP contribution < -0.4 is 0 Å². The Morgan fingerprint density at radius 3 is 2.50 bits per heavy atom. The third-order valence-electron chi connectivity index (χ3n) is 3.57. The summed E-state index contributed by atoms with van der Waals surface area (Å²) in [4.78, 5) is 11.9. The minimum absolute atomic E-state index is 0.122. The second-order valence-electron chi connectivity index (χ2n) is 4.66. The highest BCUT2D eigenvalue weighted by atomic mass is 16.4. The lowest BCUT2D eigenvalue weighted by atomic mass is 9.85. The van der Waals surface area contributed by atoms with Crippen LogP contribution in [0.4, 0.5) is 0 Å². The third-order valence-corrected chi connectivity index (χ3v) is 3.57. The zero-order valence-corrected chi connectivity index (χ0v) is 9.86. The molecule has 1 N–H and O–H groups in total. The molecule has 0 radical (unpaired) electrons. The quantitative estimate of drug-likeness (QED) is 0.893. The van der Waals surface area contributed by atoms with Gasteiger partial charge in [-0.15, -0.1) is 0 Å². The van der Waals surface area contributed by atoms with Gasteiger partial charge in [0.05, 0.1) is 0 Å². The molecule has 4 nitrogen and oxygen atoms in total. The number of aliphatic carboxylic acids is 1. The molecule has 1 unspecified atom stereocenters. The SMILES string of the molecule is O=C(O)C(c1ccccc1)(C1CC1)n1cccn1. The highest BCUT2D eigenvalue weighted by Crippen LogP contribution is 2.48. The summed E-state index contributed by atoms with van der Waals surface area (Å²) in [5, 5.41) is 14.0. The van der Waals surface area contributed by atoms with Gasteiger partial charge in [0.25, 0.3) is 0 Å². The molecule has 1 aliphatic rings. The molecule has 1 fully saturated rings. The molecule has 18 heavy (non-hydrogen) atoms. The highest BCUT2D eigenvalue weighted by Gasteiger charge is 2.54. The van der Waals surface area contributed by atoms with E-state index in [1.807, 2.05) is 30.3 Å². The van der Waals surface area contributed by atoms with E-state index in [2.05, 4.69) is 5.10 Å². The fraction of sp³-hybridized carbons (Fsp3) is 0.286. The fourth-order valence-electron chi connectivity index (χ4n) is 2.62. The van der Waals surface area contributed by atoms with Gasteiger partial charge in [0.15, 0.2) is 5.54 Å². The molecular weight excluding hydrogens is 228 g/mol. The Balaban J connectivity index is 2.22. The summed E-state index contributed by atoms with van der Waals surface area (Å²) in [6, 6.07) is 11.1. The molecule has 1 saturated carbocycles. The van der Waals surface area contributed by atoms with Crippen LogP contribution in [0.25, 0.3) is 0 Å². The van der Waals surface area contributed by atoms with Gasteiger partial charge in [-0.1, -0.05) is 30.3 Å². The summed E-state index contributed by atoms with van der Waals surface area (Å²) < 4.78 is 1.59. The van der Waals surface area contributed by atoms with E-state index in [9.17, 15) is 9.90 Å². The van der Waals surface area contributed by atoms with Gasteiger partial charge in [0.1, 0.15) is 0 Å². The molecule has 0 spiro atoms. The van der Waals surface area contributed by atoms with Gasteiger partial charge >= 0.3 is 5.97 Å². The van der Waals surface area contributed by atoms with Crippen molar-refractivity contribution < 1.29 is 9.90 Å². The summed E-state index contributed by atoms with van der Waals surface area (Å²) >= 11 is 0. The highest BCUT2D eigenvalue weighted by molar-refractivity contribution is 5.82. The van der Waals surface area contributed by atoms with Crippen LogP contribution in [0.5, 0.6) is 0 Å². The summed E-state index contributed by atoms with van der Waals surface area (Å²) in [5.74, 6) is -0.711. The maximum atomic E-state index is 11.9. The van der Waals surface area contributed by atoms with Crippen molar-refractivity contribution in [2.45, 2.75) is 18.4 Å². The van der Waals surface area contributed by atoms with Gasteiger partial charge in [-0.05, 0) is 30.4 Å². The Labute approximate surface area is 105 Å². The summed E-state index contributed by atoms with van der Waals surface area (Å²) in [7, 11) is 0. The molecule has 1 aliphatic carbocycles. The monoisotopic (exact) mass is 242 g/mol. The first-order valence-electron chi connectivity index (χ1n) is 6.05. The second kappa shape index (κ2) is 3.98. The second-order valence-corrected chi connectivity index (χ2v) is 4.66. The molecule has 92 valence electrons. The van der Waals surface area contributed by atoms with Crippen LogP contribution in [0.2, 0.25) is 0 Å². The Bertz CT molecular complexity index is 546. The van der Waals surface area contributed by atoms with Crippen molar-refractivity contribution in [3.8, 4) is 0 Å². The van der Waals surface area contributed by atoms with Crippen LogP contribution in [0.15, 0.2) is 48.8 Å². The average Bonchev–Trinajstić information content (AvgIpc) is 3.07. The number of carbonyl (C=O) groups is 1. The van der Waals surface area contributed by atoms with Crippen molar-refractivity contribution in [2.75, 3.05) is 0 Å². The predicted octanol–water partition coefficient (Wildman–Crippen LogP) is 2.12. The first-order valence-corrected chi connectivity index (χ1v) is 6.05. The van der Waals surface area contributed by atoms with Crippen molar-refractivity contribution >= 4 is 5.97 Å². The molecule has 3 rings (SSSR count). The predicted molar refractivity (Wildman–Crippen MR) is 66.1 cm³/mol. The van der Waals surface area contributed by atoms with Gasteiger partial charge in [-0.25, -0.2) is 4.79 Å². The van der Waals surface area contributed by atoms with Crippen molar-refractivity contribution in [1.29, 1.82) is 0 Å². The van der Waals surface area contributed by atoms with Crippen LogP contribution in [-0.4, -0.2) is 20.9 Å². The van der Waals surface area contributed by atoms with Crippen molar-refractivity contribution in [1.82, 2.24) is 9.78 Å². The molecule has 4 heteroatoms. The van der Waals surface area contributed by atoms with Crippen LogP contribution in [0, 0.1) is 5.92 Å². The van der Waals surface area contributed by atoms with Gasteiger partial charge in [0.2, 0.25) is 0 Å². The standard InChI is InChI=1S/C14H14N2O2/c17-13(18)14(12-7-8-12,16-10-4-9-15-16)11-5-2-1-3-6-11/h1-6,9-10,12H,7-8H2,(H,17,18). The lowest BCUT2D eigenvalue weighted by molar-refractivity contribution is -0.147. The average molecular weight is 242 g/mol. The van der Waals surface area contributed by atoms with E-state index in [0.29, 0.717) is 0 Å². The summed E-state index contributed by atoms with van der Waals surface area (Å²) in [6.45, 7) is 0. The Kier molecular flexibility index (Phi) is 2.44. The zero-order chi connectivity index (χ0) is 12.6. The molecule has 1 aromatic carbocycles. The number of aromatic nitrogens is 2. The first kappa shape index (κ1) is 11.0.